The average Bonchev–Trinajstić information content (AvgIpc) is 3.09. The number of carboxylic acids is 1. The fourth-order valence-corrected chi connectivity index (χ4v) is 3.44. The number of aromatic nitrogens is 2. The molecule has 1 amide bonds. The molecule has 8 nitrogen and oxygen atoms in total. The van der Waals surface area contributed by atoms with Crippen molar-refractivity contribution in [2.24, 2.45) is 0 Å². The highest BCUT2D eigenvalue weighted by molar-refractivity contribution is 8.04. The fourth-order valence-electron chi connectivity index (χ4n) is 2.51. The highest BCUT2D eigenvalue weighted by atomic mass is 32.2. The molecule has 9 heteroatoms. The van der Waals surface area contributed by atoms with Gasteiger partial charge in [0.2, 0.25) is 11.6 Å². The van der Waals surface area contributed by atoms with Crippen LogP contribution >= 0.6 is 11.8 Å². The number of hydrogen-bond acceptors (Lipinski definition) is 6. The number of hydrogen-bond donors (Lipinski definition) is 3. The first kappa shape index (κ1) is 18.6. The maximum atomic E-state index is 12.7. The molecule has 0 spiro atoms. The molecule has 2 aromatic rings. The maximum absolute atomic E-state index is 12.7. The van der Waals surface area contributed by atoms with Gasteiger partial charge in [0.15, 0.2) is 0 Å². The lowest BCUT2D eigenvalue weighted by molar-refractivity contribution is -0.137. The number of aliphatic carboxylic acids is 1. The summed E-state index contributed by atoms with van der Waals surface area (Å²) in [6, 6.07) is 8.69. The highest BCUT2D eigenvalue weighted by Crippen LogP contribution is 2.30. The Morgan fingerprint density at radius 1 is 1.19 bits per heavy atom. The number of ketones is 2. The minimum Gasteiger partial charge on any atom is -0.481 e. The van der Waals surface area contributed by atoms with E-state index in [4.69, 9.17) is 5.11 Å². The lowest BCUT2D eigenvalue weighted by Gasteiger charge is -2.12. The number of para-hydroxylation sites is 1. The van der Waals surface area contributed by atoms with Gasteiger partial charge in [0.25, 0.3) is 5.91 Å². The summed E-state index contributed by atoms with van der Waals surface area (Å²) in [7, 11) is 0. The van der Waals surface area contributed by atoms with Crippen LogP contribution in [0.1, 0.15) is 44.2 Å². The molecule has 0 radical (unpaired) electrons. The third-order valence-electron chi connectivity index (χ3n) is 3.76. The number of carbonyl (C=O) groups excluding carboxylic acids is 3. The Morgan fingerprint density at radius 3 is 2.63 bits per heavy atom. The van der Waals surface area contributed by atoms with E-state index >= 15 is 0 Å². The van der Waals surface area contributed by atoms with Crippen molar-refractivity contribution in [2.45, 2.75) is 12.8 Å². The molecule has 1 aliphatic rings. The molecule has 3 rings (SSSR count). The van der Waals surface area contributed by atoms with E-state index in [1.165, 1.54) is 6.08 Å². The van der Waals surface area contributed by atoms with Crippen molar-refractivity contribution in [3.8, 4) is 0 Å². The summed E-state index contributed by atoms with van der Waals surface area (Å²) >= 11 is 1.10. The van der Waals surface area contributed by atoms with Crippen LogP contribution in [0.4, 0.5) is 5.69 Å². The van der Waals surface area contributed by atoms with Gasteiger partial charge in [-0.15, -0.1) is 11.8 Å². The molecule has 1 heterocycles. The Hall–Kier alpha value is -3.20. The van der Waals surface area contributed by atoms with Gasteiger partial charge in [-0.2, -0.15) is 5.10 Å². The molecule has 0 saturated carbocycles. The monoisotopic (exact) mass is 385 g/mol. The first-order valence-corrected chi connectivity index (χ1v) is 9.06. The molecule has 1 aromatic heterocycles. The number of anilines is 1. The summed E-state index contributed by atoms with van der Waals surface area (Å²) in [6.07, 6.45) is 1.51. The van der Waals surface area contributed by atoms with Gasteiger partial charge in [-0.1, -0.05) is 18.2 Å². The Morgan fingerprint density at radius 2 is 1.93 bits per heavy atom. The number of nitrogens with zero attached hydrogens (tertiary/aromatic N) is 1. The molecular formula is C18H15N3O5S. The maximum Gasteiger partial charge on any atom is 0.303 e. The minimum atomic E-state index is -0.924. The normalized spacial score (nSPS) is 13.1. The van der Waals surface area contributed by atoms with Crippen LogP contribution in [0.3, 0.4) is 0 Å². The van der Waals surface area contributed by atoms with Gasteiger partial charge < -0.3 is 10.4 Å². The number of Topliss-reactive ketones (excluding diaryl/α,β-unsaturated/α-hetero) is 1. The minimum absolute atomic E-state index is 0.0237. The van der Waals surface area contributed by atoms with Crippen molar-refractivity contribution in [1.29, 1.82) is 0 Å². The number of carbonyl (C=O) groups is 4. The number of H-pyrrole nitrogens is 1. The first-order valence-electron chi connectivity index (χ1n) is 8.07. The van der Waals surface area contributed by atoms with Crippen LogP contribution < -0.4 is 5.32 Å². The van der Waals surface area contributed by atoms with E-state index in [1.807, 2.05) is 0 Å². The number of allylic oxidation sites excluding steroid dienone is 2. The number of benzene rings is 1. The number of carboxylic acid groups (broad SMARTS) is 1. The smallest absolute Gasteiger partial charge is 0.303 e. The zero-order valence-corrected chi connectivity index (χ0v) is 14.8. The van der Waals surface area contributed by atoms with Crippen LogP contribution in [-0.4, -0.2) is 44.5 Å². The summed E-state index contributed by atoms with van der Waals surface area (Å²) in [5.41, 5.74) is 0.313. The number of rotatable bonds is 7. The van der Waals surface area contributed by atoms with E-state index in [0.717, 1.165) is 11.8 Å². The second-order valence-electron chi connectivity index (χ2n) is 5.69. The van der Waals surface area contributed by atoms with Gasteiger partial charge in [0.05, 0.1) is 10.5 Å². The molecule has 138 valence electrons. The second kappa shape index (κ2) is 8.00. The van der Waals surface area contributed by atoms with Gasteiger partial charge in [0.1, 0.15) is 11.4 Å². The van der Waals surface area contributed by atoms with E-state index in [1.54, 1.807) is 30.3 Å². The summed E-state index contributed by atoms with van der Waals surface area (Å²) in [5.74, 6) is -2.08. The van der Waals surface area contributed by atoms with Crippen LogP contribution in [0.25, 0.3) is 0 Å². The lowest BCUT2D eigenvalue weighted by Crippen LogP contribution is -2.20. The lowest BCUT2D eigenvalue weighted by atomic mass is 9.99. The number of fused-ring (bicyclic) bond motifs is 1. The third kappa shape index (κ3) is 4.14. The van der Waals surface area contributed by atoms with Gasteiger partial charge in [0, 0.05) is 18.2 Å². The summed E-state index contributed by atoms with van der Waals surface area (Å²) < 4.78 is 0. The van der Waals surface area contributed by atoms with Crippen LogP contribution in [0.15, 0.2) is 41.3 Å². The molecular weight excluding hydrogens is 370 g/mol. The largest absolute Gasteiger partial charge is 0.481 e. The van der Waals surface area contributed by atoms with Gasteiger partial charge in [-0.3, -0.25) is 24.3 Å². The van der Waals surface area contributed by atoms with Crippen molar-refractivity contribution in [1.82, 2.24) is 10.2 Å². The standard InChI is InChI=1S/C18H15N3O5S/c22-11-9-12(27-8-4-7-13(23)24)17(25)14-15(11)20-21-16(14)18(26)19-10-5-2-1-3-6-10/h1-3,5-6,9H,4,7-8H2,(H,19,26)(H,20,21)(H,23,24). The van der Waals surface area contributed by atoms with Crippen molar-refractivity contribution in [3.05, 3.63) is 58.3 Å². The number of nitrogens with one attached hydrogen (secondary N) is 2. The van der Waals surface area contributed by atoms with Crippen LogP contribution in [0.5, 0.6) is 0 Å². The zero-order chi connectivity index (χ0) is 19.4. The van der Waals surface area contributed by atoms with Crippen molar-refractivity contribution >= 4 is 40.9 Å². The van der Waals surface area contributed by atoms with E-state index in [2.05, 4.69) is 15.5 Å². The van der Waals surface area contributed by atoms with Crippen molar-refractivity contribution in [2.75, 3.05) is 11.1 Å². The molecule has 27 heavy (non-hydrogen) atoms. The molecule has 0 aliphatic heterocycles. The predicted octanol–water partition coefficient (Wildman–Crippen LogP) is 2.52. The molecule has 0 atom stereocenters. The zero-order valence-electron chi connectivity index (χ0n) is 14.0. The molecule has 3 N–H and O–H groups in total. The van der Waals surface area contributed by atoms with Gasteiger partial charge in [-0.05, 0) is 24.3 Å². The van der Waals surface area contributed by atoms with E-state index in [9.17, 15) is 19.2 Å². The first-order chi connectivity index (χ1) is 13.0. The third-order valence-corrected chi connectivity index (χ3v) is 4.87. The summed E-state index contributed by atoms with van der Waals surface area (Å²) in [4.78, 5) is 48.2. The summed E-state index contributed by atoms with van der Waals surface area (Å²) in [5, 5.41) is 17.6. The van der Waals surface area contributed by atoms with Crippen LogP contribution in [0, 0.1) is 0 Å². The fraction of sp³-hybridized carbons (Fsp3) is 0.167. The van der Waals surface area contributed by atoms with Gasteiger partial charge in [-0.25, -0.2) is 0 Å². The predicted molar refractivity (Wildman–Crippen MR) is 99.1 cm³/mol. The number of amides is 1. The molecule has 1 aromatic carbocycles. The highest BCUT2D eigenvalue weighted by Gasteiger charge is 2.33. The Bertz CT molecular complexity index is 949. The average molecular weight is 385 g/mol. The van der Waals surface area contributed by atoms with Crippen molar-refractivity contribution in [3.63, 3.8) is 0 Å². The Kier molecular flexibility index (Phi) is 5.51. The van der Waals surface area contributed by atoms with Gasteiger partial charge >= 0.3 is 5.97 Å². The van der Waals surface area contributed by atoms with E-state index in [-0.39, 0.29) is 28.3 Å². The van der Waals surface area contributed by atoms with E-state index < -0.39 is 23.4 Å². The molecule has 0 saturated heterocycles. The van der Waals surface area contributed by atoms with E-state index in [0.29, 0.717) is 17.9 Å². The quantitative estimate of drug-likeness (QED) is 0.625. The molecule has 0 fully saturated rings. The molecule has 0 unspecified atom stereocenters. The summed E-state index contributed by atoms with van der Waals surface area (Å²) in [6.45, 7) is 0. The number of thioether (sulfide) groups is 1. The van der Waals surface area contributed by atoms with Crippen LogP contribution in [0.2, 0.25) is 0 Å². The van der Waals surface area contributed by atoms with Crippen molar-refractivity contribution < 1.29 is 24.3 Å². The number of aromatic amines is 1. The Labute approximate surface area is 158 Å². The second-order valence-corrected chi connectivity index (χ2v) is 6.83. The molecule has 1 aliphatic carbocycles. The SMILES string of the molecule is O=C(O)CCCSC1=CC(=O)c2n[nH]c(C(=O)Nc3ccccc3)c2C1=O. The Balaban J connectivity index is 1.78. The topological polar surface area (TPSA) is 129 Å². The van der Waals surface area contributed by atoms with Crippen LogP contribution in [-0.2, 0) is 4.79 Å². The molecule has 0 bridgehead atoms.